The van der Waals surface area contributed by atoms with Crippen LogP contribution in [0.3, 0.4) is 0 Å². The normalized spacial score (nSPS) is 19.7. The average molecular weight is 415 g/mol. The first-order valence-electron chi connectivity index (χ1n) is 10.5. The van der Waals surface area contributed by atoms with E-state index in [0.29, 0.717) is 18.0 Å². The fourth-order valence-electron chi connectivity index (χ4n) is 3.73. The van der Waals surface area contributed by atoms with E-state index in [-0.39, 0.29) is 36.5 Å². The van der Waals surface area contributed by atoms with E-state index in [9.17, 15) is 9.18 Å². The molecule has 162 valence electrons. The summed E-state index contributed by atoms with van der Waals surface area (Å²) in [6.45, 7) is 10.2. The topological polar surface area (TPSA) is 42.0 Å². The molecule has 1 aliphatic rings. The third-order valence-electron chi connectivity index (χ3n) is 5.30. The number of carbonyl (C=O) groups is 1. The van der Waals surface area contributed by atoms with Gasteiger partial charge in [-0.2, -0.15) is 0 Å². The van der Waals surface area contributed by atoms with Gasteiger partial charge in [0.2, 0.25) is 0 Å². The second kappa shape index (κ2) is 9.94. The molecule has 1 heterocycles. The van der Waals surface area contributed by atoms with Gasteiger partial charge in [-0.1, -0.05) is 24.3 Å². The van der Waals surface area contributed by atoms with Crippen molar-refractivity contribution in [3.8, 4) is 11.5 Å². The Morgan fingerprint density at radius 1 is 1.03 bits per heavy atom. The summed E-state index contributed by atoms with van der Waals surface area (Å²) in [7, 11) is 0. The molecule has 2 aromatic carbocycles. The van der Waals surface area contributed by atoms with Gasteiger partial charge in [-0.15, -0.1) is 0 Å². The van der Waals surface area contributed by atoms with E-state index < -0.39 is 0 Å². The molecule has 0 radical (unpaired) electrons. The molecule has 1 aliphatic heterocycles. The van der Waals surface area contributed by atoms with Gasteiger partial charge in [0.1, 0.15) is 5.82 Å². The van der Waals surface area contributed by atoms with Crippen molar-refractivity contribution in [1.29, 1.82) is 0 Å². The maximum absolute atomic E-state index is 13.1. The van der Waals surface area contributed by atoms with E-state index >= 15 is 0 Å². The molecule has 5 nitrogen and oxygen atoms in total. The van der Waals surface area contributed by atoms with Crippen molar-refractivity contribution < 1.29 is 18.7 Å². The molecular formula is C24H31FN2O3. The summed E-state index contributed by atoms with van der Waals surface area (Å²) in [6, 6.07) is 14.3. The van der Waals surface area contributed by atoms with Crippen LogP contribution in [0.5, 0.6) is 11.5 Å². The standard InChI is InChI=1S/C24H31FN2O3/c1-17(2)30-23-8-6-5-7-22(23)29-16-24(28)27-14-18(3)26(13-19(27)4)15-20-9-11-21(25)12-10-20/h5-12,17-19H,13-16H2,1-4H3/t18-,19+/m1/s1. The van der Waals surface area contributed by atoms with Gasteiger partial charge < -0.3 is 14.4 Å². The zero-order valence-corrected chi connectivity index (χ0v) is 18.2. The predicted octanol–water partition coefficient (Wildman–Crippen LogP) is 4.11. The van der Waals surface area contributed by atoms with Gasteiger partial charge >= 0.3 is 0 Å². The molecule has 2 aromatic rings. The lowest BCUT2D eigenvalue weighted by Crippen LogP contribution is -2.58. The van der Waals surface area contributed by atoms with E-state index in [0.717, 1.165) is 18.7 Å². The summed E-state index contributed by atoms with van der Waals surface area (Å²) in [5.74, 6) is 0.965. The zero-order valence-electron chi connectivity index (χ0n) is 18.2. The number of carbonyl (C=O) groups excluding carboxylic acids is 1. The molecule has 1 amide bonds. The van der Waals surface area contributed by atoms with Crippen LogP contribution >= 0.6 is 0 Å². The highest BCUT2D eigenvalue weighted by Gasteiger charge is 2.32. The first kappa shape index (κ1) is 22.1. The van der Waals surface area contributed by atoms with Crippen LogP contribution in [-0.2, 0) is 11.3 Å². The summed E-state index contributed by atoms with van der Waals surface area (Å²) < 4.78 is 24.7. The van der Waals surface area contributed by atoms with Gasteiger partial charge in [-0.3, -0.25) is 9.69 Å². The Morgan fingerprint density at radius 3 is 2.37 bits per heavy atom. The number of ether oxygens (including phenoxy) is 2. The minimum Gasteiger partial charge on any atom is -0.487 e. The number of amides is 1. The van der Waals surface area contributed by atoms with Gasteiger partial charge in [0, 0.05) is 31.7 Å². The molecule has 30 heavy (non-hydrogen) atoms. The van der Waals surface area contributed by atoms with E-state index in [4.69, 9.17) is 9.47 Å². The van der Waals surface area contributed by atoms with E-state index in [1.165, 1.54) is 12.1 Å². The maximum atomic E-state index is 13.1. The van der Waals surface area contributed by atoms with Gasteiger partial charge in [-0.25, -0.2) is 4.39 Å². The molecule has 2 atom stereocenters. The number of halogens is 1. The van der Waals surface area contributed by atoms with Crippen LogP contribution < -0.4 is 9.47 Å². The summed E-state index contributed by atoms with van der Waals surface area (Å²) in [6.07, 6.45) is 0.0282. The minimum atomic E-state index is -0.226. The van der Waals surface area contributed by atoms with Crippen LogP contribution in [0, 0.1) is 5.82 Å². The summed E-state index contributed by atoms with van der Waals surface area (Å²) in [5.41, 5.74) is 1.07. The van der Waals surface area contributed by atoms with Crippen LogP contribution in [0.15, 0.2) is 48.5 Å². The van der Waals surface area contributed by atoms with E-state index in [1.807, 2.05) is 55.1 Å². The number of piperazine rings is 1. The fourth-order valence-corrected chi connectivity index (χ4v) is 3.73. The van der Waals surface area contributed by atoms with Gasteiger partial charge in [0.25, 0.3) is 5.91 Å². The molecule has 1 fully saturated rings. The Hall–Kier alpha value is -2.60. The number of benzene rings is 2. The first-order chi connectivity index (χ1) is 14.3. The number of rotatable bonds is 7. The maximum Gasteiger partial charge on any atom is 0.260 e. The molecule has 0 spiro atoms. The molecule has 1 saturated heterocycles. The van der Waals surface area contributed by atoms with Gasteiger partial charge in [0.15, 0.2) is 18.1 Å². The van der Waals surface area contributed by atoms with Crippen molar-refractivity contribution in [3.05, 3.63) is 59.9 Å². The Morgan fingerprint density at radius 2 is 1.70 bits per heavy atom. The number of nitrogens with zero attached hydrogens (tertiary/aromatic N) is 2. The molecular weight excluding hydrogens is 383 g/mol. The molecule has 0 aliphatic carbocycles. The molecule has 3 rings (SSSR count). The lowest BCUT2D eigenvalue weighted by atomic mass is 10.1. The van der Waals surface area contributed by atoms with Crippen LogP contribution in [0.2, 0.25) is 0 Å². The average Bonchev–Trinajstić information content (AvgIpc) is 2.71. The summed E-state index contributed by atoms with van der Waals surface area (Å²) in [5, 5.41) is 0. The van der Waals surface area contributed by atoms with Crippen molar-refractivity contribution in [2.24, 2.45) is 0 Å². The van der Waals surface area contributed by atoms with Crippen molar-refractivity contribution in [3.63, 3.8) is 0 Å². The van der Waals surface area contributed by atoms with E-state index in [2.05, 4.69) is 18.7 Å². The molecule has 0 aromatic heterocycles. The summed E-state index contributed by atoms with van der Waals surface area (Å²) in [4.78, 5) is 17.1. The monoisotopic (exact) mass is 414 g/mol. The molecule has 0 saturated carbocycles. The van der Waals surface area contributed by atoms with Crippen molar-refractivity contribution in [2.45, 2.75) is 52.4 Å². The van der Waals surface area contributed by atoms with Crippen molar-refractivity contribution in [1.82, 2.24) is 9.80 Å². The van der Waals surface area contributed by atoms with Crippen LogP contribution in [0.25, 0.3) is 0 Å². The molecule has 0 bridgehead atoms. The SMILES string of the molecule is CC(C)Oc1ccccc1OCC(=O)N1C[C@@H](C)N(Cc2ccc(F)cc2)C[C@@H]1C. The molecule has 6 heteroatoms. The summed E-state index contributed by atoms with van der Waals surface area (Å²) >= 11 is 0. The third kappa shape index (κ3) is 5.72. The Kier molecular flexibility index (Phi) is 7.32. The quantitative estimate of drug-likeness (QED) is 0.684. The second-order valence-electron chi connectivity index (χ2n) is 8.20. The molecule has 0 unspecified atom stereocenters. The number of para-hydroxylation sites is 2. The van der Waals surface area contributed by atoms with Crippen molar-refractivity contribution in [2.75, 3.05) is 19.7 Å². The first-order valence-corrected chi connectivity index (χ1v) is 10.5. The lowest BCUT2D eigenvalue weighted by Gasteiger charge is -2.44. The number of hydrogen-bond donors (Lipinski definition) is 0. The fraction of sp³-hybridized carbons (Fsp3) is 0.458. The second-order valence-corrected chi connectivity index (χ2v) is 8.20. The smallest absolute Gasteiger partial charge is 0.260 e. The van der Waals surface area contributed by atoms with Gasteiger partial charge in [0.05, 0.1) is 6.10 Å². The highest BCUT2D eigenvalue weighted by atomic mass is 19.1. The lowest BCUT2D eigenvalue weighted by molar-refractivity contribution is -0.139. The predicted molar refractivity (Wildman–Crippen MR) is 115 cm³/mol. The van der Waals surface area contributed by atoms with Crippen LogP contribution in [0.4, 0.5) is 4.39 Å². The third-order valence-corrected chi connectivity index (χ3v) is 5.30. The van der Waals surface area contributed by atoms with Crippen molar-refractivity contribution >= 4 is 5.91 Å². The largest absolute Gasteiger partial charge is 0.487 e. The van der Waals surface area contributed by atoms with Crippen LogP contribution in [0.1, 0.15) is 33.3 Å². The zero-order chi connectivity index (χ0) is 21.7. The Balaban J connectivity index is 1.57. The highest BCUT2D eigenvalue weighted by molar-refractivity contribution is 5.78. The number of hydrogen-bond acceptors (Lipinski definition) is 4. The minimum absolute atomic E-state index is 0.0203. The van der Waals surface area contributed by atoms with Gasteiger partial charge in [-0.05, 0) is 57.5 Å². The van der Waals surface area contributed by atoms with Crippen LogP contribution in [-0.4, -0.2) is 53.6 Å². The van der Waals surface area contributed by atoms with E-state index in [1.54, 1.807) is 0 Å². The highest BCUT2D eigenvalue weighted by Crippen LogP contribution is 2.27. The Bertz CT molecular complexity index is 841. The Labute approximate surface area is 178 Å². The molecule has 0 N–H and O–H groups in total.